The standard InChI is InChI=1S/C85H106N6O9/c1-59(2)20-18-21-60(3)74-43-44-75-73-42-37-67-55-72(47-49-83(67,4)76(73)48-50-84(74,75)5)98-53-19-51-87-78(92)45-46-79(93)89-69(54-61-29-31-62(57-86)32-30-61)56-80(94)91-77(81(95)90-68-38-33-63(34-39-68)58-99-82(96)100-71-26-14-9-15-27-71)28-16-17-52-88-85(64-22-10-7-11-23-64,65-24-12-8-13-25-65)66-35-40-70(97-6)41-36-66/h7-15,22-27,29-41,59-60,69,72-77,88H,16-21,28,42-56,58H2,1-6H3,(H,87,92)(H,89,93)(H,90,95)(H,91,94)/t60-,69+,72+,73+,74-,75+,76+,77+,83+,84-/m1/s1. The van der Waals surface area contributed by atoms with Gasteiger partial charge in [-0.05, 0) is 213 Å². The number of hydrogen-bond donors (Lipinski definition) is 5. The molecule has 0 unspecified atom stereocenters. The van der Waals surface area contributed by atoms with Crippen LogP contribution in [-0.4, -0.2) is 74.8 Å². The molecular weight excluding hydrogens is 1250 g/mol. The summed E-state index contributed by atoms with van der Waals surface area (Å²) in [4.78, 5) is 68.5. The highest BCUT2D eigenvalue weighted by Crippen LogP contribution is 2.67. The number of unbranched alkanes of at least 4 members (excludes halogenated alkanes) is 1. The second kappa shape index (κ2) is 35.6. The summed E-state index contributed by atoms with van der Waals surface area (Å²) in [6, 6.07) is 51.5. The molecule has 10 atom stereocenters. The molecule has 6 aromatic rings. The summed E-state index contributed by atoms with van der Waals surface area (Å²) in [5.41, 5.74) is 7.06. The summed E-state index contributed by atoms with van der Waals surface area (Å²) in [7, 11) is 1.65. The fourth-order valence-electron chi connectivity index (χ4n) is 17.3. The van der Waals surface area contributed by atoms with Crippen molar-refractivity contribution in [3.63, 3.8) is 0 Å². The summed E-state index contributed by atoms with van der Waals surface area (Å²) in [5.74, 6) is 4.39. The van der Waals surface area contributed by atoms with Crippen LogP contribution < -0.4 is 36.1 Å². The number of anilines is 1. The minimum atomic E-state index is -0.995. The van der Waals surface area contributed by atoms with Gasteiger partial charge in [-0.3, -0.25) is 24.5 Å². The van der Waals surface area contributed by atoms with E-state index in [-0.39, 0.29) is 56.1 Å². The number of fused-ring (bicyclic) bond motifs is 5. The van der Waals surface area contributed by atoms with Crippen molar-refractivity contribution in [2.75, 3.05) is 32.1 Å². The zero-order valence-electron chi connectivity index (χ0n) is 59.7. The number of carbonyl (C=O) groups is 5. The lowest BCUT2D eigenvalue weighted by Crippen LogP contribution is -2.51. The first-order valence-electron chi connectivity index (χ1n) is 36.9. The maximum atomic E-state index is 14.5. The molecule has 3 saturated carbocycles. The van der Waals surface area contributed by atoms with Gasteiger partial charge in [0, 0.05) is 44.1 Å². The molecule has 6 aromatic carbocycles. The van der Waals surface area contributed by atoms with Crippen molar-refractivity contribution in [2.24, 2.45) is 46.3 Å². The number of allylic oxidation sites excluding steroid dienone is 1. The number of rotatable bonds is 34. The van der Waals surface area contributed by atoms with Crippen LogP contribution in [0.1, 0.15) is 184 Å². The zero-order valence-corrected chi connectivity index (χ0v) is 59.7. The molecule has 15 heteroatoms. The average molecular weight is 1360 g/mol. The minimum absolute atomic E-state index is 0.0399. The number of amides is 4. The van der Waals surface area contributed by atoms with Gasteiger partial charge >= 0.3 is 6.16 Å². The summed E-state index contributed by atoms with van der Waals surface area (Å²) < 4.78 is 22.7. The molecule has 0 spiro atoms. The summed E-state index contributed by atoms with van der Waals surface area (Å²) in [6.45, 7) is 14.0. The Morgan fingerprint density at radius 1 is 0.640 bits per heavy atom. The zero-order chi connectivity index (χ0) is 70.5. The van der Waals surface area contributed by atoms with Gasteiger partial charge in [0.25, 0.3) is 0 Å². The largest absolute Gasteiger partial charge is 0.514 e. The van der Waals surface area contributed by atoms with E-state index in [0.717, 1.165) is 76.4 Å². The van der Waals surface area contributed by atoms with E-state index in [1.54, 1.807) is 85.5 Å². The van der Waals surface area contributed by atoms with Crippen molar-refractivity contribution in [1.29, 1.82) is 5.26 Å². The molecule has 4 aliphatic rings. The van der Waals surface area contributed by atoms with Gasteiger partial charge in [0.1, 0.15) is 24.1 Å². The van der Waals surface area contributed by atoms with E-state index in [9.17, 15) is 29.2 Å². The molecule has 0 radical (unpaired) electrons. The summed E-state index contributed by atoms with van der Waals surface area (Å²) >= 11 is 0. The van der Waals surface area contributed by atoms with Crippen molar-refractivity contribution in [3.8, 4) is 17.6 Å². The Morgan fingerprint density at radius 2 is 1.31 bits per heavy atom. The van der Waals surface area contributed by atoms with Crippen LogP contribution in [0.15, 0.2) is 175 Å². The molecule has 10 rings (SSSR count). The third kappa shape index (κ3) is 19.3. The van der Waals surface area contributed by atoms with Gasteiger partial charge in [-0.2, -0.15) is 5.26 Å². The molecule has 4 aliphatic carbocycles. The van der Waals surface area contributed by atoms with Crippen LogP contribution in [0.25, 0.3) is 0 Å². The van der Waals surface area contributed by atoms with Crippen LogP contribution in [0.2, 0.25) is 0 Å². The normalized spacial score (nSPS) is 21.7. The van der Waals surface area contributed by atoms with Crippen molar-refractivity contribution in [3.05, 3.63) is 209 Å². The van der Waals surface area contributed by atoms with E-state index >= 15 is 0 Å². The van der Waals surface area contributed by atoms with Crippen LogP contribution >= 0.6 is 0 Å². The molecule has 0 bridgehead atoms. The van der Waals surface area contributed by atoms with Crippen molar-refractivity contribution < 1.29 is 42.9 Å². The first-order chi connectivity index (χ1) is 48.5. The second-order valence-corrected chi connectivity index (χ2v) is 29.6. The van der Waals surface area contributed by atoms with Gasteiger partial charge < -0.3 is 40.2 Å². The number of ether oxygens (including phenoxy) is 4. The Hall–Kier alpha value is -8.58. The molecule has 3 fully saturated rings. The highest BCUT2D eigenvalue weighted by molar-refractivity contribution is 5.97. The van der Waals surface area contributed by atoms with Gasteiger partial charge in [0.15, 0.2) is 0 Å². The number of nitrogens with one attached hydrogen (secondary N) is 5. The van der Waals surface area contributed by atoms with Crippen LogP contribution in [0, 0.1) is 57.7 Å². The molecular formula is C85H106N6O9. The molecule has 5 N–H and O–H groups in total. The quantitative estimate of drug-likeness (QED) is 0.00845. The Bertz CT molecular complexity index is 3650. The maximum absolute atomic E-state index is 14.5. The number of hydrogen-bond acceptors (Lipinski definition) is 11. The summed E-state index contributed by atoms with van der Waals surface area (Å²) in [6.07, 6.45) is 18.0. The highest BCUT2D eigenvalue weighted by atomic mass is 16.7. The fraction of sp³-hybridized carbons (Fsp3) is 0.482. The van der Waals surface area contributed by atoms with Gasteiger partial charge in [-0.15, -0.1) is 0 Å². The number of benzene rings is 6. The lowest BCUT2D eigenvalue weighted by atomic mass is 9.47. The first kappa shape index (κ1) is 74.1. The molecule has 0 saturated heterocycles. The second-order valence-electron chi connectivity index (χ2n) is 29.6. The molecule has 15 nitrogen and oxygen atoms in total. The van der Waals surface area contributed by atoms with Crippen LogP contribution in [-0.2, 0) is 47.2 Å². The smallest absolute Gasteiger partial charge is 0.497 e. The van der Waals surface area contributed by atoms with E-state index in [1.807, 2.05) is 54.6 Å². The van der Waals surface area contributed by atoms with Gasteiger partial charge in [-0.25, -0.2) is 4.79 Å². The van der Waals surface area contributed by atoms with Crippen molar-refractivity contribution in [2.45, 2.75) is 187 Å². The van der Waals surface area contributed by atoms with Gasteiger partial charge in [0.05, 0.1) is 30.4 Å². The Balaban J connectivity index is 0.730. The van der Waals surface area contributed by atoms with Gasteiger partial charge in [0.2, 0.25) is 23.6 Å². The van der Waals surface area contributed by atoms with Crippen LogP contribution in [0.3, 0.4) is 0 Å². The van der Waals surface area contributed by atoms with Gasteiger partial charge in [-0.1, -0.05) is 181 Å². The predicted octanol–water partition coefficient (Wildman–Crippen LogP) is 16.3. The lowest BCUT2D eigenvalue weighted by Gasteiger charge is -2.58. The Morgan fingerprint density at radius 3 is 1.99 bits per heavy atom. The third-order valence-corrected chi connectivity index (χ3v) is 22.6. The molecule has 0 aromatic heterocycles. The maximum Gasteiger partial charge on any atom is 0.514 e. The minimum Gasteiger partial charge on any atom is -0.497 e. The van der Waals surface area contributed by atoms with E-state index < -0.39 is 41.5 Å². The summed E-state index contributed by atoms with van der Waals surface area (Å²) in [5, 5.41) is 25.5. The van der Waals surface area contributed by atoms with E-state index in [2.05, 4.69) is 110 Å². The third-order valence-electron chi connectivity index (χ3n) is 22.6. The fourth-order valence-corrected chi connectivity index (χ4v) is 17.3. The molecule has 4 amide bonds. The highest BCUT2D eigenvalue weighted by Gasteiger charge is 2.59. The molecule has 0 heterocycles. The van der Waals surface area contributed by atoms with Crippen LogP contribution in [0.5, 0.6) is 11.5 Å². The van der Waals surface area contributed by atoms with E-state index in [1.165, 1.54) is 57.8 Å². The Kier molecular flexibility index (Phi) is 26.4. The number of nitriles is 1. The topological polar surface area (TPSA) is 206 Å². The van der Waals surface area contributed by atoms with Crippen LogP contribution in [0.4, 0.5) is 10.5 Å². The number of nitrogens with zero attached hydrogens (tertiary/aromatic N) is 1. The Labute approximate surface area is 593 Å². The first-order valence-corrected chi connectivity index (χ1v) is 36.9. The molecule has 0 aliphatic heterocycles. The van der Waals surface area contributed by atoms with Crippen molar-refractivity contribution in [1.82, 2.24) is 21.3 Å². The number of carbonyl (C=O) groups excluding carboxylic acids is 5. The number of methoxy groups -OCH3 is 1. The number of para-hydroxylation sites is 1. The SMILES string of the molecule is COc1ccc(C(NCCCC[C@H](NC(=O)C[C@H](Cc2ccc(C#N)cc2)NC(=O)CCC(=O)NCCCO[C@H]2CC[C@@]3(C)C(=CC[C@H]4[C@@H]5CC[C@H]([C@H](C)CCCC(C)C)[C@@]5(C)CC[C@@H]43)C2)C(=O)Nc2ccc(COC(=O)Oc3ccccc3)cc2)(c2ccccc2)c2ccccc2)cc1. The average Bonchev–Trinajstić information content (AvgIpc) is 1.40. The monoisotopic (exact) mass is 1350 g/mol. The van der Waals surface area contributed by atoms with E-state index in [0.29, 0.717) is 66.9 Å². The lowest BCUT2D eigenvalue weighted by molar-refractivity contribution is -0.128. The molecule has 530 valence electrons. The predicted molar refractivity (Wildman–Crippen MR) is 393 cm³/mol. The molecule has 100 heavy (non-hydrogen) atoms. The van der Waals surface area contributed by atoms with E-state index in [4.69, 9.17) is 18.9 Å². The van der Waals surface area contributed by atoms with Crippen molar-refractivity contribution >= 4 is 35.5 Å².